The Morgan fingerprint density at radius 3 is 2.47 bits per heavy atom. The Morgan fingerprint density at radius 1 is 1.26 bits per heavy atom. The first-order valence-corrected chi connectivity index (χ1v) is 7.59. The number of hydrogen-bond donors (Lipinski definition) is 1. The van der Waals surface area contributed by atoms with Gasteiger partial charge in [0.05, 0.1) is 6.04 Å². The average Bonchev–Trinajstić information content (AvgIpc) is 2.78. The van der Waals surface area contributed by atoms with Gasteiger partial charge in [0.25, 0.3) is 0 Å². The van der Waals surface area contributed by atoms with E-state index in [-0.39, 0.29) is 0 Å². The monoisotopic (exact) mass is 264 g/mol. The number of likely N-dealkylation sites (tertiary alicyclic amines) is 1. The van der Waals surface area contributed by atoms with Crippen molar-refractivity contribution in [2.75, 3.05) is 19.6 Å². The van der Waals surface area contributed by atoms with Crippen LogP contribution in [-0.2, 0) is 0 Å². The van der Waals surface area contributed by atoms with Crippen molar-refractivity contribution in [3.63, 3.8) is 0 Å². The highest BCUT2D eigenvalue weighted by molar-refractivity contribution is 5.09. The standard InChI is InChI=1S/C16H28N2O/c1-12(2)11-18-9-7-15(8-10-18)17-14(4)16-6-5-13(3)19-16/h5-6,12,14-15,17H,7-11H2,1-4H3. The molecule has 0 radical (unpaired) electrons. The average molecular weight is 264 g/mol. The minimum atomic E-state index is 0.315. The lowest BCUT2D eigenvalue weighted by molar-refractivity contribution is 0.173. The van der Waals surface area contributed by atoms with Gasteiger partial charge in [-0.3, -0.25) is 0 Å². The van der Waals surface area contributed by atoms with E-state index < -0.39 is 0 Å². The van der Waals surface area contributed by atoms with Gasteiger partial charge in [-0.2, -0.15) is 0 Å². The summed E-state index contributed by atoms with van der Waals surface area (Å²) in [5, 5.41) is 3.70. The van der Waals surface area contributed by atoms with Crippen molar-refractivity contribution < 1.29 is 4.42 Å². The van der Waals surface area contributed by atoms with Crippen molar-refractivity contribution in [1.29, 1.82) is 0 Å². The Balaban J connectivity index is 1.76. The largest absolute Gasteiger partial charge is 0.465 e. The SMILES string of the molecule is Cc1ccc(C(C)NC2CCN(CC(C)C)CC2)o1. The number of nitrogens with one attached hydrogen (secondary N) is 1. The molecule has 1 atom stereocenters. The van der Waals surface area contributed by atoms with E-state index in [2.05, 4.69) is 37.1 Å². The van der Waals surface area contributed by atoms with Gasteiger partial charge in [-0.15, -0.1) is 0 Å². The first-order valence-electron chi connectivity index (χ1n) is 7.59. The summed E-state index contributed by atoms with van der Waals surface area (Å²) in [5.74, 6) is 2.83. The Hall–Kier alpha value is -0.800. The third kappa shape index (κ3) is 4.36. The minimum Gasteiger partial charge on any atom is -0.465 e. The molecular formula is C16H28N2O. The number of nitrogens with zero attached hydrogens (tertiary/aromatic N) is 1. The molecule has 1 N–H and O–H groups in total. The van der Waals surface area contributed by atoms with Crippen LogP contribution < -0.4 is 5.32 Å². The van der Waals surface area contributed by atoms with Gasteiger partial charge in [-0.1, -0.05) is 13.8 Å². The van der Waals surface area contributed by atoms with Gasteiger partial charge in [0.2, 0.25) is 0 Å². The summed E-state index contributed by atoms with van der Waals surface area (Å²) >= 11 is 0. The van der Waals surface area contributed by atoms with E-state index in [1.165, 1.54) is 32.5 Å². The number of rotatable bonds is 5. The van der Waals surface area contributed by atoms with Crippen molar-refractivity contribution in [1.82, 2.24) is 10.2 Å². The maximum atomic E-state index is 5.69. The van der Waals surface area contributed by atoms with E-state index >= 15 is 0 Å². The fourth-order valence-electron chi connectivity index (χ4n) is 2.92. The van der Waals surface area contributed by atoms with Crippen LogP contribution in [0, 0.1) is 12.8 Å². The maximum absolute atomic E-state index is 5.69. The molecule has 0 saturated carbocycles. The fraction of sp³-hybridized carbons (Fsp3) is 0.750. The summed E-state index contributed by atoms with van der Waals surface area (Å²) in [4.78, 5) is 2.59. The summed E-state index contributed by atoms with van der Waals surface area (Å²) in [5.41, 5.74) is 0. The van der Waals surface area contributed by atoms with Crippen molar-refractivity contribution in [3.8, 4) is 0 Å². The molecule has 1 unspecified atom stereocenters. The molecular weight excluding hydrogens is 236 g/mol. The van der Waals surface area contributed by atoms with E-state index in [0.29, 0.717) is 12.1 Å². The van der Waals surface area contributed by atoms with Gasteiger partial charge < -0.3 is 14.6 Å². The molecule has 108 valence electrons. The lowest BCUT2D eigenvalue weighted by atomic mass is 10.0. The van der Waals surface area contributed by atoms with E-state index in [0.717, 1.165) is 17.4 Å². The highest BCUT2D eigenvalue weighted by atomic mass is 16.3. The quantitative estimate of drug-likeness (QED) is 0.884. The summed E-state index contributed by atoms with van der Waals surface area (Å²) in [6, 6.07) is 5.07. The van der Waals surface area contributed by atoms with Gasteiger partial charge >= 0.3 is 0 Å². The molecule has 3 nitrogen and oxygen atoms in total. The molecule has 0 aromatic carbocycles. The van der Waals surface area contributed by atoms with Crippen LogP contribution in [0.3, 0.4) is 0 Å². The van der Waals surface area contributed by atoms with Crippen molar-refractivity contribution in [2.24, 2.45) is 5.92 Å². The van der Waals surface area contributed by atoms with Crippen molar-refractivity contribution >= 4 is 0 Å². The second-order valence-electron chi connectivity index (χ2n) is 6.31. The van der Waals surface area contributed by atoms with Gasteiger partial charge in [-0.05, 0) is 57.8 Å². The first-order chi connectivity index (χ1) is 9.04. The summed E-state index contributed by atoms with van der Waals surface area (Å²) < 4.78 is 5.69. The van der Waals surface area contributed by atoms with Crippen LogP contribution in [-0.4, -0.2) is 30.6 Å². The van der Waals surface area contributed by atoms with Crippen molar-refractivity contribution in [3.05, 3.63) is 23.7 Å². The first kappa shape index (κ1) is 14.6. The maximum Gasteiger partial charge on any atom is 0.120 e. The molecule has 1 aliphatic heterocycles. The topological polar surface area (TPSA) is 28.4 Å². The van der Waals surface area contributed by atoms with Crippen LogP contribution in [0.1, 0.15) is 51.2 Å². The predicted octanol–water partition coefficient (Wildman–Crippen LogP) is 3.36. The van der Waals surface area contributed by atoms with Crippen molar-refractivity contribution in [2.45, 2.75) is 52.6 Å². The molecule has 0 amide bonds. The summed E-state index contributed by atoms with van der Waals surface area (Å²) in [6.45, 7) is 12.5. The zero-order valence-corrected chi connectivity index (χ0v) is 12.8. The van der Waals surface area contributed by atoms with Crippen LogP contribution in [0.4, 0.5) is 0 Å². The predicted molar refractivity (Wildman–Crippen MR) is 79.3 cm³/mol. The lowest BCUT2D eigenvalue weighted by Gasteiger charge is -2.34. The lowest BCUT2D eigenvalue weighted by Crippen LogP contribution is -2.44. The Labute approximate surface area is 117 Å². The molecule has 0 spiro atoms. The molecule has 1 fully saturated rings. The number of aryl methyl sites for hydroxylation is 1. The molecule has 1 saturated heterocycles. The molecule has 0 aliphatic carbocycles. The number of piperidine rings is 1. The van der Waals surface area contributed by atoms with Gasteiger partial charge in [0, 0.05) is 12.6 Å². The molecule has 1 aliphatic rings. The Morgan fingerprint density at radius 2 is 1.95 bits per heavy atom. The summed E-state index contributed by atoms with van der Waals surface area (Å²) in [7, 11) is 0. The molecule has 1 aromatic rings. The third-order valence-corrected chi connectivity index (χ3v) is 3.88. The smallest absolute Gasteiger partial charge is 0.120 e. The van der Waals surface area contributed by atoms with E-state index in [1.54, 1.807) is 0 Å². The molecule has 2 rings (SSSR count). The molecule has 0 bridgehead atoms. The van der Waals surface area contributed by atoms with Crippen LogP contribution in [0.25, 0.3) is 0 Å². The van der Waals surface area contributed by atoms with E-state index in [1.807, 2.05) is 13.0 Å². The van der Waals surface area contributed by atoms with Crippen LogP contribution in [0.2, 0.25) is 0 Å². The van der Waals surface area contributed by atoms with Gasteiger partial charge in [0.15, 0.2) is 0 Å². The summed E-state index contributed by atoms with van der Waals surface area (Å²) in [6.07, 6.45) is 2.49. The van der Waals surface area contributed by atoms with Gasteiger partial charge in [-0.25, -0.2) is 0 Å². The molecule has 1 aromatic heterocycles. The normalized spacial score (nSPS) is 20.1. The second kappa shape index (κ2) is 6.58. The second-order valence-corrected chi connectivity index (χ2v) is 6.31. The van der Waals surface area contributed by atoms with Crippen LogP contribution in [0.5, 0.6) is 0 Å². The highest BCUT2D eigenvalue weighted by Gasteiger charge is 2.21. The number of hydrogen-bond acceptors (Lipinski definition) is 3. The number of furan rings is 1. The zero-order valence-electron chi connectivity index (χ0n) is 12.8. The highest BCUT2D eigenvalue weighted by Crippen LogP contribution is 2.19. The zero-order chi connectivity index (χ0) is 13.8. The Bertz CT molecular complexity index is 378. The van der Waals surface area contributed by atoms with Crippen LogP contribution >= 0.6 is 0 Å². The third-order valence-electron chi connectivity index (χ3n) is 3.88. The van der Waals surface area contributed by atoms with E-state index in [4.69, 9.17) is 4.42 Å². The van der Waals surface area contributed by atoms with Gasteiger partial charge in [0.1, 0.15) is 11.5 Å². The van der Waals surface area contributed by atoms with E-state index in [9.17, 15) is 0 Å². The molecule has 19 heavy (non-hydrogen) atoms. The molecule has 3 heteroatoms. The Kier molecular flexibility index (Phi) is 5.06. The van der Waals surface area contributed by atoms with Crippen LogP contribution in [0.15, 0.2) is 16.5 Å². The fourth-order valence-corrected chi connectivity index (χ4v) is 2.92. The minimum absolute atomic E-state index is 0.315. The molecule has 2 heterocycles.